The van der Waals surface area contributed by atoms with Crippen LogP contribution in [0.3, 0.4) is 0 Å². The van der Waals surface area contributed by atoms with E-state index in [1.807, 2.05) is 63.2 Å². The average Bonchev–Trinajstić information content (AvgIpc) is 3.26. The zero-order valence-electron chi connectivity index (χ0n) is 22.7. The smallest absolute Gasteiger partial charge is 0.251 e. The Morgan fingerprint density at radius 1 is 0.921 bits per heavy atom. The number of halogens is 1. The third kappa shape index (κ3) is 7.38. The first-order valence-corrected chi connectivity index (χ1v) is 14.0. The quantitative estimate of drug-likeness (QED) is 0.180. The van der Waals surface area contributed by atoms with Crippen LogP contribution in [0.5, 0.6) is 5.75 Å². The number of hydrogen-bond acceptors (Lipinski definition) is 3. The molecule has 0 aliphatic heterocycles. The molecule has 6 heteroatoms. The number of fused-ring (bicyclic) bond motifs is 1. The summed E-state index contributed by atoms with van der Waals surface area (Å²) in [7, 11) is 0. The molecule has 3 aromatic carbocycles. The number of rotatable bonds is 13. The molecule has 5 nitrogen and oxygen atoms in total. The van der Waals surface area contributed by atoms with E-state index < -0.39 is 0 Å². The molecule has 0 saturated carbocycles. The number of amides is 1. The summed E-state index contributed by atoms with van der Waals surface area (Å²) in [6.07, 6.45) is 5.96. The Morgan fingerprint density at radius 3 is 2.42 bits per heavy atom. The zero-order valence-corrected chi connectivity index (χ0v) is 23.5. The zero-order chi connectivity index (χ0) is 26.9. The number of nitrogens with zero attached hydrogens (tertiary/aromatic N) is 2. The molecule has 0 unspecified atom stereocenters. The first kappa shape index (κ1) is 27.7. The molecule has 1 heterocycles. The number of hydrogen-bond donors (Lipinski definition) is 1. The van der Waals surface area contributed by atoms with Crippen LogP contribution in [-0.2, 0) is 13.0 Å². The molecule has 1 N–H and O–H groups in total. The number of carbonyl (C=O) groups is 1. The molecule has 1 amide bonds. The van der Waals surface area contributed by atoms with Crippen molar-refractivity contribution in [2.75, 3.05) is 13.2 Å². The van der Waals surface area contributed by atoms with Crippen molar-refractivity contribution in [1.82, 2.24) is 14.9 Å². The fourth-order valence-corrected chi connectivity index (χ4v) is 4.82. The minimum Gasteiger partial charge on any atom is -0.494 e. The highest BCUT2D eigenvalue weighted by molar-refractivity contribution is 6.32. The van der Waals surface area contributed by atoms with E-state index in [0.29, 0.717) is 18.7 Å². The summed E-state index contributed by atoms with van der Waals surface area (Å²) in [6, 6.07) is 20.1. The second-order valence-corrected chi connectivity index (χ2v) is 10.4. The van der Waals surface area contributed by atoms with E-state index in [1.54, 1.807) is 0 Å². The minimum atomic E-state index is -0.00268. The number of carbonyl (C=O) groups excluding carboxylic acids is 1. The lowest BCUT2D eigenvalue weighted by Gasteiger charge is -2.12. The molecule has 0 spiro atoms. The Kier molecular flexibility index (Phi) is 9.83. The van der Waals surface area contributed by atoms with Crippen molar-refractivity contribution in [2.24, 2.45) is 0 Å². The lowest BCUT2D eigenvalue weighted by Crippen LogP contribution is -2.24. The van der Waals surface area contributed by atoms with E-state index in [1.165, 1.54) is 5.52 Å². The topological polar surface area (TPSA) is 56.2 Å². The number of para-hydroxylation sites is 2. The van der Waals surface area contributed by atoms with Gasteiger partial charge in [-0.2, -0.15) is 0 Å². The number of imidazole rings is 1. The van der Waals surface area contributed by atoms with Gasteiger partial charge in [-0.25, -0.2) is 4.98 Å². The Morgan fingerprint density at radius 2 is 1.66 bits per heavy atom. The summed E-state index contributed by atoms with van der Waals surface area (Å²) in [5.41, 5.74) is 6.21. The molecule has 38 heavy (non-hydrogen) atoms. The fraction of sp³-hybridized carbons (Fsp3) is 0.375. The molecule has 0 bridgehead atoms. The predicted molar refractivity (Wildman–Crippen MR) is 156 cm³/mol. The van der Waals surface area contributed by atoms with Crippen LogP contribution < -0.4 is 10.1 Å². The van der Waals surface area contributed by atoms with Crippen LogP contribution >= 0.6 is 11.6 Å². The van der Waals surface area contributed by atoms with Gasteiger partial charge in [-0.1, -0.05) is 47.9 Å². The van der Waals surface area contributed by atoms with Crippen LogP contribution in [0.1, 0.15) is 65.0 Å². The van der Waals surface area contributed by atoms with Gasteiger partial charge < -0.3 is 14.6 Å². The van der Waals surface area contributed by atoms with Gasteiger partial charge in [0.15, 0.2) is 0 Å². The van der Waals surface area contributed by atoms with Gasteiger partial charge in [0.25, 0.3) is 5.91 Å². The Bertz CT molecular complexity index is 1340. The molecule has 0 atom stereocenters. The number of aromatic nitrogens is 2. The maximum absolute atomic E-state index is 12.3. The highest BCUT2D eigenvalue weighted by Crippen LogP contribution is 2.26. The molecular weight excluding hydrogens is 494 g/mol. The van der Waals surface area contributed by atoms with Gasteiger partial charge >= 0.3 is 0 Å². The van der Waals surface area contributed by atoms with Crippen molar-refractivity contribution >= 4 is 28.5 Å². The summed E-state index contributed by atoms with van der Waals surface area (Å²) in [4.78, 5) is 17.2. The molecule has 4 rings (SSSR count). The minimum absolute atomic E-state index is 0.00268. The predicted octanol–water partition coefficient (Wildman–Crippen LogP) is 7.62. The van der Waals surface area contributed by atoms with Crippen LogP contribution in [0.15, 0.2) is 60.7 Å². The van der Waals surface area contributed by atoms with Crippen molar-refractivity contribution in [3.8, 4) is 5.75 Å². The highest BCUT2D eigenvalue weighted by atomic mass is 35.5. The lowest BCUT2D eigenvalue weighted by atomic mass is 10.1. The highest BCUT2D eigenvalue weighted by Gasteiger charge is 2.11. The van der Waals surface area contributed by atoms with E-state index in [2.05, 4.69) is 28.1 Å². The summed E-state index contributed by atoms with van der Waals surface area (Å²) < 4.78 is 8.37. The molecule has 0 aliphatic rings. The normalized spacial score (nSPS) is 11.2. The number of benzene rings is 3. The maximum Gasteiger partial charge on any atom is 0.251 e. The monoisotopic (exact) mass is 531 g/mol. The van der Waals surface area contributed by atoms with Gasteiger partial charge in [0.1, 0.15) is 11.6 Å². The van der Waals surface area contributed by atoms with Gasteiger partial charge in [0, 0.05) is 30.1 Å². The first-order valence-electron chi connectivity index (χ1n) is 13.6. The van der Waals surface area contributed by atoms with Gasteiger partial charge in [-0.3, -0.25) is 4.79 Å². The summed E-state index contributed by atoms with van der Waals surface area (Å²) in [5.74, 6) is 2.02. The standard InChI is InChI=1S/C32H38ClN3O2/c1-23-14-16-26(17-15-23)32(37)34-18-8-4-5-13-30-35-28-11-6-7-12-29(28)36(30)19-9-10-20-38-27-21-24(2)31(33)25(3)22-27/h6-7,11-12,14-17,21-22H,4-5,8-10,13,18-20H2,1-3H3,(H,34,37). The van der Waals surface area contributed by atoms with Crippen LogP contribution in [0.4, 0.5) is 0 Å². The maximum atomic E-state index is 12.3. The van der Waals surface area contributed by atoms with E-state index in [4.69, 9.17) is 21.3 Å². The Labute approximate surface area is 231 Å². The van der Waals surface area contributed by atoms with Gasteiger partial charge in [-0.15, -0.1) is 0 Å². The second-order valence-electron chi connectivity index (χ2n) is 10.0. The summed E-state index contributed by atoms with van der Waals surface area (Å²) in [5, 5.41) is 3.84. The molecule has 0 fully saturated rings. The summed E-state index contributed by atoms with van der Waals surface area (Å²) in [6.45, 7) is 8.33. The van der Waals surface area contributed by atoms with E-state index in [-0.39, 0.29) is 5.91 Å². The van der Waals surface area contributed by atoms with Crippen LogP contribution in [0.25, 0.3) is 11.0 Å². The largest absolute Gasteiger partial charge is 0.494 e. The van der Waals surface area contributed by atoms with Gasteiger partial charge in [0.05, 0.1) is 17.6 Å². The number of ether oxygens (including phenoxy) is 1. The first-order chi connectivity index (χ1) is 18.4. The van der Waals surface area contributed by atoms with Crippen molar-refractivity contribution in [3.05, 3.63) is 93.8 Å². The van der Waals surface area contributed by atoms with Crippen molar-refractivity contribution in [2.45, 2.75) is 65.8 Å². The number of nitrogens with one attached hydrogen (secondary N) is 1. The van der Waals surface area contributed by atoms with Gasteiger partial charge in [-0.05, 0) is 94.0 Å². The van der Waals surface area contributed by atoms with Crippen LogP contribution in [0, 0.1) is 20.8 Å². The molecular formula is C32H38ClN3O2. The summed E-state index contributed by atoms with van der Waals surface area (Å²) >= 11 is 6.27. The third-order valence-electron chi connectivity index (χ3n) is 6.86. The fourth-order valence-electron chi connectivity index (χ4n) is 4.71. The van der Waals surface area contributed by atoms with Crippen molar-refractivity contribution in [3.63, 3.8) is 0 Å². The Hall–Kier alpha value is -3.31. The van der Waals surface area contributed by atoms with E-state index >= 15 is 0 Å². The van der Waals surface area contributed by atoms with Crippen molar-refractivity contribution in [1.29, 1.82) is 0 Å². The van der Waals surface area contributed by atoms with Crippen LogP contribution in [-0.4, -0.2) is 28.6 Å². The average molecular weight is 532 g/mol. The molecule has 200 valence electrons. The number of unbranched alkanes of at least 4 members (excludes halogenated alkanes) is 3. The Balaban J connectivity index is 1.22. The molecule has 4 aromatic rings. The van der Waals surface area contributed by atoms with Gasteiger partial charge in [0.2, 0.25) is 0 Å². The van der Waals surface area contributed by atoms with Crippen LogP contribution in [0.2, 0.25) is 5.02 Å². The SMILES string of the molecule is Cc1ccc(C(=O)NCCCCCc2nc3ccccc3n2CCCCOc2cc(C)c(Cl)c(C)c2)cc1. The molecule has 0 radical (unpaired) electrons. The van der Waals surface area contributed by atoms with E-state index in [9.17, 15) is 4.79 Å². The second kappa shape index (κ2) is 13.5. The molecule has 0 aliphatic carbocycles. The van der Waals surface area contributed by atoms with Crippen molar-refractivity contribution < 1.29 is 9.53 Å². The number of aryl methyl sites for hydroxylation is 5. The lowest BCUT2D eigenvalue weighted by molar-refractivity contribution is 0.0953. The molecule has 1 aromatic heterocycles. The third-order valence-corrected chi connectivity index (χ3v) is 7.46. The molecule has 0 saturated heterocycles. The van der Waals surface area contributed by atoms with E-state index in [0.717, 1.165) is 83.9 Å².